The lowest BCUT2D eigenvalue weighted by atomic mass is 10.1. The minimum Gasteiger partial charge on any atom is -0.504 e. The number of hydrogen-bond acceptors (Lipinski definition) is 11. The van der Waals surface area contributed by atoms with Gasteiger partial charge in [-0.25, -0.2) is 0 Å². The molecule has 36 heavy (non-hydrogen) atoms. The van der Waals surface area contributed by atoms with Gasteiger partial charge in [-0.2, -0.15) is 0 Å². The van der Waals surface area contributed by atoms with Crippen molar-refractivity contribution in [3.8, 4) is 34.5 Å². The summed E-state index contributed by atoms with van der Waals surface area (Å²) in [7, 11) is 1.73. The topological polar surface area (TPSA) is 226 Å². The van der Waals surface area contributed by atoms with Gasteiger partial charge >= 0.3 is 0 Å². The minimum atomic E-state index is -0.795. The maximum absolute atomic E-state index is 9.48. The molecule has 0 saturated heterocycles. The fraction of sp³-hybridized carbons (Fsp3) is 0.280. The highest BCUT2D eigenvalue weighted by molar-refractivity contribution is 5.42. The Kier molecular flexibility index (Phi) is 12.9. The van der Waals surface area contributed by atoms with E-state index >= 15 is 0 Å². The number of aliphatic hydroxyl groups excluding tert-OH is 2. The molecular weight excluding hydrogens is 470 g/mol. The summed E-state index contributed by atoms with van der Waals surface area (Å²) in [5.41, 5.74) is 12.5. The minimum absolute atomic E-state index is 0.0871. The second kappa shape index (κ2) is 15.3. The Morgan fingerprint density at radius 1 is 0.639 bits per heavy atom. The Morgan fingerprint density at radius 3 is 1.47 bits per heavy atom. The molecule has 13 N–H and O–H groups in total. The van der Waals surface area contributed by atoms with E-state index in [2.05, 4.69) is 5.32 Å². The van der Waals surface area contributed by atoms with Crippen LogP contribution < -0.4 is 16.8 Å². The van der Waals surface area contributed by atoms with Crippen LogP contribution in [0.1, 0.15) is 28.9 Å². The van der Waals surface area contributed by atoms with Crippen molar-refractivity contribution in [2.75, 3.05) is 26.7 Å². The van der Waals surface area contributed by atoms with Gasteiger partial charge < -0.3 is 57.6 Å². The summed E-state index contributed by atoms with van der Waals surface area (Å²) in [6.45, 7) is 1.04. The second-order valence-corrected chi connectivity index (χ2v) is 7.68. The summed E-state index contributed by atoms with van der Waals surface area (Å²) in [6, 6.07) is 13.1. The molecule has 0 heterocycles. The van der Waals surface area contributed by atoms with Gasteiger partial charge in [-0.15, -0.1) is 0 Å². The van der Waals surface area contributed by atoms with E-state index < -0.39 is 12.2 Å². The summed E-state index contributed by atoms with van der Waals surface area (Å²) in [5, 5.41) is 75.6. The predicted octanol–water partition coefficient (Wildman–Crippen LogP) is 1.04. The van der Waals surface area contributed by atoms with Crippen LogP contribution in [0.2, 0.25) is 0 Å². The fourth-order valence-electron chi connectivity index (χ4n) is 2.83. The van der Waals surface area contributed by atoms with Gasteiger partial charge in [0, 0.05) is 13.1 Å². The van der Waals surface area contributed by atoms with Crippen LogP contribution in [0, 0.1) is 0 Å². The smallest absolute Gasteiger partial charge is 0.157 e. The number of nitrogens with one attached hydrogen (secondary N) is 1. The molecule has 0 aliphatic heterocycles. The Balaban J connectivity index is 0.000000271. The lowest BCUT2D eigenvalue weighted by molar-refractivity contribution is 0.177. The first kappa shape index (κ1) is 30.3. The van der Waals surface area contributed by atoms with Crippen LogP contribution in [-0.4, -0.2) is 67.5 Å². The first-order valence-electron chi connectivity index (χ1n) is 11.0. The van der Waals surface area contributed by atoms with Crippen LogP contribution in [-0.2, 0) is 6.42 Å². The summed E-state index contributed by atoms with van der Waals surface area (Å²) in [6.07, 6.45) is -0.749. The predicted molar refractivity (Wildman–Crippen MR) is 135 cm³/mol. The Morgan fingerprint density at radius 2 is 1.08 bits per heavy atom. The number of likely N-dealkylation sites (N-methyl/N-ethyl adjacent to an activating group) is 1. The van der Waals surface area contributed by atoms with Crippen molar-refractivity contribution < 1.29 is 40.9 Å². The van der Waals surface area contributed by atoms with E-state index in [1.165, 1.54) is 42.5 Å². The first-order chi connectivity index (χ1) is 17.0. The van der Waals surface area contributed by atoms with Crippen LogP contribution in [0.3, 0.4) is 0 Å². The van der Waals surface area contributed by atoms with Crippen molar-refractivity contribution >= 4 is 0 Å². The van der Waals surface area contributed by atoms with Crippen LogP contribution in [0.15, 0.2) is 54.6 Å². The molecule has 0 aliphatic carbocycles. The number of benzene rings is 3. The molecule has 3 aromatic rings. The normalized spacial score (nSPS) is 11.9. The third kappa shape index (κ3) is 9.86. The zero-order valence-corrected chi connectivity index (χ0v) is 19.9. The molecule has 0 saturated carbocycles. The van der Waals surface area contributed by atoms with Crippen molar-refractivity contribution in [1.82, 2.24) is 5.32 Å². The third-order valence-corrected chi connectivity index (χ3v) is 4.86. The monoisotopic (exact) mass is 505 g/mol. The van der Waals surface area contributed by atoms with Gasteiger partial charge in [0.2, 0.25) is 0 Å². The summed E-state index contributed by atoms with van der Waals surface area (Å²) >= 11 is 0. The molecule has 2 atom stereocenters. The van der Waals surface area contributed by atoms with Gasteiger partial charge in [0.1, 0.15) is 0 Å². The van der Waals surface area contributed by atoms with E-state index in [4.69, 9.17) is 42.1 Å². The summed E-state index contributed by atoms with van der Waals surface area (Å²) < 4.78 is 0. The lowest BCUT2D eigenvalue weighted by Crippen LogP contribution is -2.16. The maximum Gasteiger partial charge on any atom is 0.157 e. The number of aliphatic hydroxyl groups is 2. The number of rotatable bonds is 7. The van der Waals surface area contributed by atoms with Crippen LogP contribution in [0.25, 0.3) is 0 Å². The largest absolute Gasteiger partial charge is 0.504 e. The second-order valence-electron chi connectivity index (χ2n) is 7.68. The highest BCUT2D eigenvalue weighted by Gasteiger charge is 2.09. The van der Waals surface area contributed by atoms with Crippen LogP contribution >= 0.6 is 0 Å². The van der Waals surface area contributed by atoms with Crippen molar-refractivity contribution in [3.05, 3.63) is 71.3 Å². The number of phenolic OH excluding ortho intramolecular Hbond substituents is 6. The van der Waals surface area contributed by atoms with E-state index in [-0.39, 0.29) is 41.0 Å². The molecule has 0 spiro atoms. The first-order valence-corrected chi connectivity index (χ1v) is 11.0. The van der Waals surface area contributed by atoms with Gasteiger partial charge in [-0.05, 0) is 73.1 Å². The van der Waals surface area contributed by atoms with E-state index in [0.717, 1.165) is 5.56 Å². The Bertz CT molecular complexity index is 1080. The zero-order chi connectivity index (χ0) is 27.3. The average molecular weight is 506 g/mol. The van der Waals surface area contributed by atoms with Crippen LogP contribution in [0.4, 0.5) is 0 Å². The average Bonchev–Trinajstić information content (AvgIpc) is 2.85. The Labute approximate surface area is 209 Å². The molecule has 0 aromatic heterocycles. The van der Waals surface area contributed by atoms with E-state index in [1.54, 1.807) is 19.2 Å². The molecule has 3 aromatic carbocycles. The highest BCUT2D eigenvalue weighted by atomic mass is 16.3. The molecule has 3 rings (SSSR count). The molecule has 11 nitrogen and oxygen atoms in total. The number of phenols is 6. The number of nitrogens with two attached hydrogens (primary N) is 2. The van der Waals surface area contributed by atoms with Gasteiger partial charge in [0.05, 0.1) is 12.2 Å². The standard InChI is InChI=1S/C9H13NO3.C8H11NO3.C8H11NO2/c1-10-5-9(13)6-2-3-7(11)8(12)4-6;9-4-8(12)5-1-2-6(10)7(11)3-5;9-4-3-6-1-2-7(10)8(11)5-6/h2-4,9-13H,5H2,1H3;1-3,8,10-12H,4,9H2;1-2,5,10-11H,3-4,9H2/t9-;8-;/m00./s1. The molecule has 0 radical (unpaired) electrons. The molecule has 0 aliphatic rings. The van der Waals surface area contributed by atoms with Crippen molar-refractivity contribution in [2.24, 2.45) is 11.5 Å². The molecule has 11 heteroatoms. The Hall–Kier alpha value is -3.74. The number of hydrogen-bond donors (Lipinski definition) is 11. The molecule has 0 unspecified atom stereocenters. The van der Waals surface area contributed by atoms with E-state index in [1.807, 2.05) is 0 Å². The quantitative estimate of drug-likeness (QED) is 0.203. The van der Waals surface area contributed by atoms with Gasteiger partial charge in [0.25, 0.3) is 0 Å². The zero-order valence-electron chi connectivity index (χ0n) is 19.9. The lowest BCUT2D eigenvalue weighted by Gasteiger charge is -2.10. The van der Waals surface area contributed by atoms with E-state index in [9.17, 15) is 10.2 Å². The van der Waals surface area contributed by atoms with Gasteiger partial charge in [-0.3, -0.25) is 0 Å². The van der Waals surface area contributed by atoms with Crippen molar-refractivity contribution in [3.63, 3.8) is 0 Å². The molecule has 0 amide bonds. The van der Waals surface area contributed by atoms with E-state index in [0.29, 0.717) is 30.6 Å². The molecular formula is C25H35N3O8. The van der Waals surface area contributed by atoms with Crippen LogP contribution in [0.5, 0.6) is 34.5 Å². The number of aromatic hydroxyl groups is 6. The molecule has 0 bridgehead atoms. The van der Waals surface area contributed by atoms with Gasteiger partial charge in [-0.1, -0.05) is 18.2 Å². The fourth-order valence-corrected chi connectivity index (χ4v) is 2.83. The highest BCUT2D eigenvalue weighted by Crippen LogP contribution is 2.28. The summed E-state index contributed by atoms with van der Waals surface area (Å²) in [5.74, 6) is -1.03. The maximum atomic E-state index is 9.48. The summed E-state index contributed by atoms with van der Waals surface area (Å²) in [4.78, 5) is 0. The van der Waals surface area contributed by atoms with Gasteiger partial charge in [0.15, 0.2) is 34.5 Å². The SMILES string of the molecule is CNC[C@H](O)c1ccc(O)c(O)c1.NCCc1ccc(O)c(O)c1.NC[C@H](O)c1ccc(O)c(O)c1. The van der Waals surface area contributed by atoms with Crippen molar-refractivity contribution in [2.45, 2.75) is 18.6 Å². The van der Waals surface area contributed by atoms with Crippen molar-refractivity contribution in [1.29, 1.82) is 0 Å². The molecule has 198 valence electrons. The third-order valence-electron chi connectivity index (χ3n) is 4.86. The molecule has 0 fully saturated rings.